The van der Waals surface area contributed by atoms with Crippen LogP contribution in [0.15, 0.2) is 6.08 Å². The lowest BCUT2D eigenvalue weighted by atomic mass is 10.7. The van der Waals surface area contributed by atoms with Gasteiger partial charge in [-0.05, 0) is 0 Å². The molecule has 0 aromatic rings. The molecular formula is C3H2F3. The molecule has 0 saturated carbocycles. The minimum absolute atomic E-state index is 0.0417. The van der Waals surface area contributed by atoms with Crippen molar-refractivity contribution in [1.29, 1.82) is 0 Å². The Kier molecular flexibility index (Phi) is 2.54. The van der Waals surface area contributed by atoms with Crippen LogP contribution in [0.5, 0.6) is 0 Å². The quantitative estimate of drug-likeness (QED) is 0.463. The highest BCUT2D eigenvalue weighted by Crippen LogP contribution is 1.91. The van der Waals surface area contributed by atoms with Crippen molar-refractivity contribution in [3.63, 3.8) is 0 Å². The second kappa shape index (κ2) is 2.75. The molecule has 1 radical (unpaired) electrons. The van der Waals surface area contributed by atoms with Gasteiger partial charge in [0.2, 0.25) is 0 Å². The summed E-state index contributed by atoms with van der Waals surface area (Å²) < 4.78 is 31.8. The molecule has 0 atom stereocenters. The van der Waals surface area contributed by atoms with Gasteiger partial charge in [-0.2, -0.15) is 0 Å². The van der Waals surface area contributed by atoms with Gasteiger partial charge in [0.05, 0.1) is 0 Å². The molecule has 6 heavy (non-hydrogen) atoms. The fourth-order valence-electron chi connectivity index (χ4n) is 0.0476. The van der Waals surface area contributed by atoms with Crippen LogP contribution in [0.2, 0.25) is 0 Å². The molecule has 0 aliphatic heterocycles. The first-order chi connectivity index (χ1) is 2.77. The Morgan fingerprint density at radius 3 is 2.00 bits per heavy atom. The van der Waals surface area contributed by atoms with Crippen molar-refractivity contribution in [3.8, 4) is 0 Å². The van der Waals surface area contributed by atoms with Gasteiger partial charge in [0.1, 0.15) is 0 Å². The van der Waals surface area contributed by atoms with Crippen LogP contribution in [0.3, 0.4) is 0 Å². The molecule has 0 rings (SSSR count). The zero-order chi connectivity index (χ0) is 4.99. The Labute approximate surface area is 33.3 Å². The van der Waals surface area contributed by atoms with Crippen LogP contribution < -0.4 is 0 Å². The molecule has 0 amide bonds. The maximum atomic E-state index is 10.7. The summed E-state index contributed by atoms with van der Waals surface area (Å²) in [4.78, 5) is 0. The van der Waals surface area contributed by atoms with Gasteiger partial charge in [-0.15, -0.1) is 0 Å². The molecule has 0 nitrogen and oxygen atoms in total. The minimum Gasteiger partial charge on any atom is -0.206 e. The fourth-order valence-corrected chi connectivity index (χ4v) is 0.0476. The van der Waals surface area contributed by atoms with Gasteiger partial charge in [-0.25, -0.2) is 13.2 Å². The second-order valence-electron chi connectivity index (χ2n) is 0.610. The molecule has 0 aliphatic carbocycles. The van der Waals surface area contributed by atoms with E-state index in [1.165, 1.54) is 0 Å². The smallest absolute Gasteiger partial charge is 0.206 e. The van der Waals surface area contributed by atoms with Crippen molar-refractivity contribution in [3.05, 3.63) is 12.4 Å². The first-order valence-electron chi connectivity index (χ1n) is 1.25. The summed E-state index contributed by atoms with van der Waals surface area (Å²) in [5.74, 6) is 0. The van der Waals surface area contributed by atoms with Gasteiger partial charge < -0.3 is 0 Å². The molecule has 3 heteroatoms. The molecule has 0 unspecified atom stereocenters. The van der Waals surface area contributed by atoms with Gasteiger partial charge >= 0.3 is 0 Å². The molecule has 0 N–H and O–H groups in total. The van der Waals surface area contributed by atoms with E-state index in [0.717, 1.165) is 0 Å². The average Bonchev–Trinajstić information content (AvgIpc) is 1.35. The maximum Gasteiger partial charge on any atom is 0.260 e. The van der Waals surface area contributed by atoms with Crippen LogP contribution in [-0.2, 0) is 0 Å². The molecule has 0 aromatic carbocycles. The number of rotatable bonds is 1. The SMILES string of the molecule is F/[C]=C/C(F)F. The number of hydrogen-bond acceptors (Lipinski definition) is 0. The van der Waals surface area contributed by atoms with Crippen molar-refractivity contribution in [2.24, 2.45) is 0 Å². The van der Waals surface area contributed by atoms with Crippen LogP contribution >= 0.6 is 0 Å². The Balaban J connectivity index is 3.03. The van der Waals surface area contributed by atoms with Crippen molar-refractivity contribution in [2.75, 3.05) is 0 Å². The summed E-state index contributed by atoms with van der Waals surface area (Å²) in [7, 11) is 0. The van der Waals surface area contributed by atoms with Crippen LogP contribution in [0.1, 0.15) is 0 Å². The molecule has 0 spiro atoms. The normalized spacial score (nSPS) is 11.3. The number of allylic oxidation sites excluding steroid dienone is 1. The zero-order valence-electron chi connectivity index (χ0n) is 2.79. The third-order valence-electron chi connectivity index (χ3n) is 0.189. The Bertz CT molecular complexity index is 48.0. The first kappa shape index (κ1) is 5.53. The Hall–Kier alpha value is -0.470. The predicted octanol–water partition coefficient (Wildman–Crippen LogP) is 1.54. The predicted molar refractivity (Wildman–Crippen MR) is 14.9 cm³/mol. The van der Waals surface area contributed by atoms with Crippen molar-refractivity contribution in [2.45, 2.75) is 6.43 Å². The van der Waals surface area contributed by atoms with Crippen LogP contribution in [0.25, 0.3) is 0 Å². The van der Waals surface area contributed by atoms with Gasteiger partial charge in [0.15, 0.2) is 6.33 Å². The Morgan fingerprint density at radius 2 is 2.00 bits per heavy atom. The number of halogens is 3. The van der Waals surface area contributed by atoms with Gasteiger partial charge in [0.25, 0.3) is 6.43 Å². The van der Waals surface area contributed by atoms with E-state index in [-0.39, 0.29) is 6.08 Å². The van der Waals surface area contributed by atoms with E-state index in [1.807, 2.05) is 0 Å². The van der Waals surface area contributed by atoms with E-state index >= 15 is 0 Å². The highest BCUT2D eigenvalue weighted by Gasteiger charge is 1.89. The Morgan fingerprint density at radius 1 is 1.50 bits per heavy atom. The van der Waals surface area contributed by atoms with Crippen LogP contribution in [0.4, 0.5) is 13.2 Å². The summed E-state index contributed by atoms with van der Waals surface area (Å²) in [6.07, 6.45) is -1.98. The third-order valence-corrected chi connectivity index (χ3v) is 0.189. The van der Waals surface area contributed by atoms with E-state index < -0.39 is 6.43 Å². The van der Waals surface area contributed by atoms with E-state index in [2.05, 4.69) is 0 Å². The summed E-state index contributed by atoms with van der Waals surface area (Å²) in [5.41, 5.74) is 0. The largest absolute Gasteiger partial charge is 0.260 e. The van der Waals surface area contributed by atoms with E-state index in [4.69, 9.17) is 0 Å². The van der Waals surface area contributed by atoms with Crippen molar-refractivity contribution in [1.82, 2.24) is 0 Å². The molecule has 0 aromatic heterocycles. The lowest BCUT2D eigenvalue weighted by Gasteiger charge is -1.75. The third kappa shape index (κ3) is 3.53. The molecule has 0 saturated heterocycles. The van der Waals surface area contributed by atoms with Gasteiger partial charge in [-0.3, -0.25) is 0 Å². The number of alkyl halides is 2. The van der Waals surface area contributed by atoms with Gasteiger partial charge in [0, 0.05) is 6.08 Å². The maximum absolute atomic E-state index is 10.7. The summed E-state index contributed by atoms with van der Waals surface area (Å²) in [6, 6.07) is 0. The highest BCUT2D eigenvalue weighted by atomic mass is 19.3. The van der Waals surface area contributed by atoms with E-state index in [0.29, 0.717) is 6.33 Å². The number of hydrogen-bond donors (Lipinski definition) is 0. The summed E-state index contributed by atoms with van der Waals surface area (Å²) >= 11 is 0. The summed E-state index contributed by atoms with van der Waals surface area (Å²) in [5, 5.41) is 0. The molecule has 0 heterocycles. The van der Waals surface area contributed by atoms with Crippen molar-refractivity contribution >= 4 is 0 Å². The van der Waals surface area contributed by atoms with Crippen molar-refractivity contribution < 1.29 is 13.2 Å². The standard InChI is InChI=1S/C3H2F3/c4-2-1-3(5)6/h1,3H. The molecule has 0 bridgehead atoms. The van der Waals surface area contributed by atoms with Crippen LogP contribution in [-0.4, -0.2) is 6.43 Å². The lowest BCUT2D eigenvalue weighted by molar-refractivity contribution is 0.201. The zero-order valence-corrected chi connectivity index (χ0v) is 2.79. The minimum atomic E-state index is -2.71. The topological polar surface area (TPSA) is 0 Å². The van der Waals surface area contributed by atoms with Gasteiger partial charge in [-0.1, -0.05) is 0 Å². The molecular weight excluding hydrogens is 93.0 g/mol. The summed E-state index contributed by atoms with van der Waals surface area (Å²) in [6.45, 7) is 0. The molecule has 0 aliphatic rings. The molecule has 0 fully saturated rings. The fraction of sp³-hybridized carbons (Fsp3) is 0.333. The van der Waals surface area contributed by atoms with Crippen LogP contribution in [0, 0.1) is 6.33 Å². The lowest BCUT2D eigenvalue weighted by Crippen LogP contribution is -1.76. The second-order valence-corrected chi connectivity index (χ2v) is 0.610. The molecule has 35 valence electrons. The monoisotopic (exact) mass is 95.0 g/mol. The average molecular weight is 95.0 g/mol. The van der Waals surface area contributed by atoms with E-state index in [9.17, 15) is 13.2 Å². The first-order valence-corrected chi connectivity index (χ1v) is 1.25. The highest BCUT2D eigenvalue weighted by molar-refractivity contribution is 4.67. The van der Waals surface area contributed by atoms with E-state index in [1.54, 1.807) is 0 Å².